The van der Waals surface area contributed by atoms with Gasteiger partial charge in [-0.1, -0.05) is 13.3 Å². The van der Waals surface area contributed by atoms with Crippen molar-refractivity contribution in [3.05, 3.63) is 0 Å². The van der Waals surface area contributed by atoms with E-state index in [1.807, 2.05) is 14.1 Å². The van der Waals surface area contributed by atoms with Crippen LogP contribution in [0.25, 0.3) is 0 Å². The zero-order chi connectivity index (χ0) is 10.6. The van der Waals surface area contributed by atoms with Crippen LogP contribution in [0.1, 0.15) is 32.6 Å². The molecule has 1 heterocycles. The van der Waals surface area contributed by atoms with E-state index < -0.39 is 0 Å². The van der Waals surface area contributed by atoms with E-state index in [1.54, 1.807) is 4.90 Å². The molecule has 0 saturated carbocycles. The maximum Gasteiger partial charge on any atom is 0.239 e. The monoisotopic (exact) mass is 198 g/mol. The van der Waals surface area contributed by atoms with Crippen molar-refractivity contribution in [2.24, 2.45) is 0 Å². The fourth-order valence-corrected chi connectivity index (χ4v) is 2.12. The first-order valence-corrected chi connectivity index (χ1v) is 5.62. The summed E-state index contributed by atoms with van der Waals surface area (Å²) >= 11 is 0. The molecular weight excluding hydrogens is 176 g/mol. The average molecular weight is 198 g/mol. The summed E-state index contributed by atoms with van der Waals surface area (Å²) in [7, 11) is 3.68. The summed E-state index contributed by atoms with van der Waals surface area (Å²) in [5, 5.41) is 0. The molecule has 0 N–H and O–H groups in total. The van der Waals surface area contributed by atoms with Crippen molar-refractivity contribution in [3.63, 3.8) is 0 Å². The Morgan fingerprint density at radius 2 is 1.86 bits per heavy atom. The van der Waals surface area contributed by atoms with Gasteiger partial charge in [-0.3, -0.25) is 9.69 Å². The number of nitrogens with zero attached hydrogens (tertiary/aromatic N) is 2. The van der Waals surface area contributed by atoms with Gasteiger partial charge in [0.1, 0.15) is 0 Å². The van der Waals surface area contributed by atoms with Crippen LogP contribution in [0, 0.1) is 0 Å². The number of likely N-dealkylation sites (N-methyl/N-ethyl adjacent to an activating group) is 1. The lowest BCUT2D eigenvalue weighted by atomic mass is 10.1. The normalized spacial score (nSPS) is 20.5. The summed E-state index contributed by atoms with van der Waals surface area (Å²) in [4.78, 5) is 15.9. The van der Waals surface area contributed by atoms with Crippen LogP contribution in [0.3, 0.4) is 0 Å². The second kappa shape index (κ2) is 5.35. The molecule has 1 amide bonds. The largest absolute Gasteiger partial charge is 0.347 e. The van der Waals surface area contributed by atoms with Crippen molar-refractivity contribution in [2.45, 2.75) is 38.6 Å². The van der Waals surface area contributed by atoms with Gasteiger partial charge >= 0.3 is 0 Å². The van der Waals surface area contributed by atoms with Gasteiger partial charge in [-0.05, 0) is 32.4 Å². The Hall–Kier alpha value is -0.570. The van der Waals surface area contributed by atoms with Crippen molar-refractivity contribution in [3.8, 4) is 0 Å². The van der Waals surface area contributed by atoms with Crippen molar-refractivity contribution in [1.29, 1.82) is 0 Å². The predicted octanol–water partition coefficient (Wildman–Crippen LogP) is 1.34. The van der Waals surface area contributed by atoms with Crippen molar-refractivity contribution < 1.29 is 4.79 Å². The molecule has 1 fully saturated rings. The fraction of sp³-hybridized carbons (Fsp3) is 0.909. The molecule has 0 aliphatic carbocycles. The first-order chi connectivity index (χ1) is 6.66. The number of likely N-dealkylation sites (tertiary alicyclic amines) is 1. The summed E-state index contributed by atoms with van der Waals surface area (Å²) in [5.74, 6) is 0.259. The highest BCUT2D eigenvalue weighted by Crippen LogP contribution is 2.15. The molecule has 3 nitrogen and oxygen atoms in total. The van der Waals surface area contributed by atoms with E-state index in [1.165, 1.54) is 19.3 Å². The van der Waals surface area contributed by atoms with Gasteiger partial charge < -0.3 is 4.90 Å². The first kappa shape index (κ1) is 11.5. The lowest BCUT2D eigenvalue weighted by Gasteiger charge is -2.34. The lowest BCUT2D eigenvalue weighted by molar-refractivity contribution is -0.135. The second-order valence-electron chi connectivity index (χ2n) is 4.25. The summed E-state index contributed by atoms with van der Waals surface area (Å²) in [5.41, 5.74) is 0. The number of hydrogen-bond acceptors (Lipinski definition) is 2. The third kappa shape index (κ3) is 2.71. The van der Waals surface area contributed by atoms with Gasteiger partial charge in [-0.25, -0.2) is 0 Å². The van der Waals surface area contributed by atoms with Gasteiger partial charge in [0.2, 0.25) is 5.91 Å². The molecule has 1 unspecified atom stereocenters. The topological polar surface area (TPSA) is 23.6 Å². The van der Waals surface area contributed by atoms with E-state index in [0.29, 0.717) is 0 Å². The number of hydrogen-bond donors (Lipinski definition) is 0. The van der Waals surface area contributed by atoms with E-state index >= 15 is 0 Å². The highest BCUT2D eigenvalue weighted by Gasteiger charge is 2.26. The Morgan fingerprint density at radius 1 is 1.29 bits per heavy atom. The van der Waals surface area contributed by atoms with Crippen molar-refractivity contribution in [1.82, 2.24) is 9.80 Å². The molecule has 14 heavy (non-hydrogen) atoms. The van der Waals surface area contributed by atoms with Crippen LogP contribution in [0.15, 0.2) is 0 Å². The number of rotatable bonds is 3. The molecule has 1 atom stereocenters. The van der Waals surface area contributed by atoms with Gasteiger partial charge in [0.15, 0.2) is 0 Å². The molecule has 0 aromatic rings. The average Bonchev–Trinajstić information content (AvgIpc) is 2.20. The highest BCUT2D eigenvalue weighted by molar-refractivity contribution is 5.81. The van der Waals surface area contributed by atoms with Gasteiger partial charge in [0.25, 0.3) is 0 Å². The Labute approximate surface area is 87.1 Å². The summed E-state index contributed by atoms with van der Waals surface area (Å²) in [6, 6.07) is 0.116. The zero-order valence-corrected chi connectivity index (χ0v) is 9.62. The third-order valence-electron chi connectivity index (χ3n) is 2.94. The molecule has 1 saturated heterocycles. The highest BCUT2D eigenvalue weighted by atomic mass is 16.2. The SMILES string of the molecule is CCC(C(=O)N(C)C)N1CCCCC1. The van der Waals surface area contributed by atoms with Gasteiger partial charge in [0, 0.05) is 14.1 Å². The molecule has 0 spiro atoms. The van der Waals surface area contributed by atoms with Crippen molar-refractivity contribution >= 4 is 5.91 Å². The number of carbonyl (C=O) groups excluding carboxylic acids is 1. The zero-order valence-electron chi connectivity index (χ0n) is 9.62. The van der Waals surface area contributed by atoms with Crippen LogP contribution >= 0.6 is 0 Å². The summed E-state index contributed by atoms with van der Waals surface area (Å²) < 4.78 is 0. The molecule has 0 radical (unpaired) electrons. The van der Waals surface area contributed by atoms with E-state index in [2.05, 4.69) is 11.8 Å². The molecule has 82 valence electrons. The standard InChI is InChI=1S/C11H22N2O/c1-4-10(11(14)12(2)3)13-8-6-5-7-9-13/h10H,4-9H2,1-3H3. The number of amides is 1. The maximum absolute atomic E-state index is 11.9. The van der Waals surface area contributed by atoms with E-state index in [-0.39, 0.29) is 11.9 Å². The molecule has 0 aromatic carbocycles. The van der Waals surface area contributed by atoms with E-state index in [0.717, 1.165) is 19.5 Å². The molecule has 1 aliphatic heterocycles. The molecule has 0 bridgehead atoms. The van der Waals surface area contributed by atoms with E-state index in [9.17, 15) is 4.79 Å². The minimum absolute atomic E-state index is 0.116. The third-order valence-corrected chi connectivity index (χ3v) is 2.94. The van der Waals surface area contributed by atoms with Crippen LogP contribution in [-0.2, 0) is 4.79 Å². The van der Waals surface area contributed by atoms with Gasteiger partial charge in [-0.15, -0.1) is 0 Å². The molecule has 1 rings (SSSR count). The molecule has 1 aliphatic rings. The quantitative estimate of drug-likeness (QED) is 0.683. The number of carbonyl (C=O) groups is 1. The summed E-state index contributed by atoms with van der Waals surface area (Å²) in [6.07, 6.45) is 4.74. The Kier molecular flexibility index (Phi) is 4.39. The van der Waals surface area contributed by atoms with Crippen molar-refractivity contribution in [2.75, 3.05) is 27.2 Å². The minimum Gasteiger partial charge on any atom is -0.347 e. The Morgan fingerprint density at radius 3 is 2.29 bits per heavy atom. The minimum atomic E-state index is 0.116. The van der Waals surface area contributed by atoms with Crippen LogP contribution in [0.2, 0.25) is 0 Å². The first-order valence-electron chi connectivity index (χ1n) is 5.62. The maximum atomic E-state index is 11.9. The number of piperidine rings is 1. The van der Waals surface area contributed by atoms with Crippen LogP contribution in [0.4, 0.5) is 0 Å². The van der Waals surface area contributed by atoms with Crippen LogP contribution in [-0.4, -0.2) is 48.9 Å². The predicted molar refractivity (Wildman–Crippen MR) is 58.2 cm³/mol. The van der Waals surface area contributed by atoms with Crippen LogP contribution in [0.5, 0.6) is 0 Å². The molecule has 0 aromatic heterocycles. The molecule has 3 heteroatoms. The van der Waals surface area contributed by atoms with Gasteiger partial charge in [-0.2, -0.15) is 0 Å². The van der Waals surface area contributed by atoms with Gasteiger partial charge in [0.05, 0.1) is 6.04 Å². The lowest BCUT2D eigenvalue weighted by Crippen LogP contribution is -2.48. The Bertz CT molecular complexity index is 186. The Balaban J connectivity index is 2.55. The smallest absolute Gasteiger partial charge is 0.239 e. The summed E-state index contributed by atoms with van der Waals surface area (Å²) in [6.45, 7) is 4.29. The fourth-order valence-electron chi connectivity index (χ4n) is 2.12. The van der Waals surface area contributed by atoms with Crippen LogP contribution < -0.4 is 0 Å². The molecular formula is C11H22N2O. The second-order valence-corrected chi connectivity index (χ2v) is 4.25. The van der Waals surface area contributed by atoms with E-state index in [4.69, 9.17) is 0 Å².